The Morgan fingerprint density at radius 1 is 1.20 bits per heavy atom. The van der Waals surface area contributed by atoms with Crippen molar-refractivity contribution in [2.45, 2.75) is 12.6 Å². The molecule has 128 valence electrons. The Labute approximate surface area is 155 Å². The maximum absolute atomic E-state index is 12.5. The van der Waals surface area contributed by atoms with Crippen molar-refractivity contribution in [1.29, 1.82) is 0 Å². The maximum Gasteiger partial charge on any atom is 0.262 e. The Morgan fingerprint density at radius 3 is 2.56 bits per heavy atom. The monoisotopic (exact) mass is 374 g/mol. The zero-order valence-corrected chi connectivity index (χ0v) is 14.6. The van der Waals surface area contributed by atoms with Crippen molar-refractivity contribution in [3.05, 3.63) is 82.4 Å². The first-order chi connectivity index (χ1) is 12.0. The number of carbonyl (C=O) groups excluding carboxylic acids is 1. The van der Waals surface area contributed by atoms with E-state index in [0.29, 0.717) is 17.1 Å². The first-order valence-electron chi connectivity index (χ1n) is 7.50. The molecule has 0 saturated heterocycles. The van der Waals surface area contributed by atoms with E-state index in [-0.39, 0.29) is 22.6 Å². The number of rotatable bonds is 4. The van der Waals surface area contributed by atoms with Crippen LogP contribution in [0.25, 0.3) is 0 Å². The summed E-state index contributed by atoms with van der Waals surface area (Å²) < 4.78 is 10.8. The van der Waals surface area contributed by atoms with Crippen molar-refractivity contribution in [3.63, 3.8) is 0 Å². The molecule has 0 amide bonds. The standard InChI is InChI=1S/C18H15ClN2O3S/c19-13-8-6-12(7-9-13)15-14(22)16(17(20)23-15)24-18(25)21-10-11-4-2-1-3-5-11/h1-9,15H,10,20H2,(H,21,25). The third kappa shape index (κ3) is 4.10. The molecule has 0 radical (unpaired) electrons. The van der Waals surface area contributed by atoms with Gasteiger partial charge in [-0.3, -0.25) is 4.79 Å². The summed E-state index contributed by atoms with van der Waals surface area (Å²) in [6.45, 7) is 0.475. The molecular weight excluding hydrogens is 360 g/mol. The van der Waals surface area contributed by atoms with Gasteiger partial charge >= 0.3 is 0 Å². The fourth-order valence-corrected chi connectivity index (χ4v) is 2.61. The normalized spacial score (nSPS) is 16.5. The summed E-state index contributed by atoms with van der Waals surface area (Å²) in [5.74, 6) is -0.567. The highest BCUT2D eigenvalue weighted by Gasteiger charge is 2.37. The molecule has 3 N–H and O–H groups in total. The van der Waals surface area contributed by atoms with Gasteiger partial charge in [0.25, 0.3) is 5.17 Å². The Morgan fingerprint density at radius 2 is 1.88 bits per heavy atom. The maximum atomic E-state index is 12.5. The van der Waals surface area contributed by atoms with Crippen LogP contribution in [0.3, 0.4) is 0 Å². The highest BCUT2D eigenvalue weighted by Crippen LogP contribution is 2.32. The van der Waals surface area contributed by atoms with Crippen LogP contribution in [-0.2, 0) is 20.8 Å². The molecule has 2 aromatic carbocycles. The number of Topliss-reactive ketones (excluding diaryl/α,β-unsaturated/α-hetero) is 1. The van der Waals surface area contributed by atoms with E-state index in [9.17, 15) is 4.79 Å². The fourth-order valence-electron chi connectivity index (χ4n) is 2.33. The largest absolute Gasteiger partial charge is 0.460 e. The molecule has 0 spiro atoms. The molecule has 1 aliphatic rings. The van der Waals surface area contributed by atoms with Gasteiger partial charge < -0.3 is 20.5 Å². The number of nitrogens with two attached hydrogens (primary N) is 1. The van der Waals surface area contributed by atoms with E-state index >= 15 is 0 Å². The summed E-state index contributed by atoms with van der Waals surface area (Å²) in [6.07, 6.45) is -0.857. The van der Waals surface area contributed by atoms with Gasteiger partial charge in [0.15, 0.2) is 6.10 Å². The van der Waals surface area contributed by atoms with Crippen molar-refractivity contribution < 1.29 is 14.3 Å². The molecule has 0 saturated carbocycles. The molecule has 0 fully saturated rings. The molecule has 0 aliphatic carbocycles. The second-order valence-electron chi connectivity index (χ2n) is 5.34. The van der Waals surface area contributed by atoms with Crippen LogP contribution in [0.5, 0.6) is 0 Å². The van der Waals surface area contributed by atoms with Gasteiger partial charge in [-0.1, -0.05) is 54.1 Å². The van der Waals surface area contributed by atoms with E-state index in [4.69, 9.17) is 39.0 Å². The smallest absolute Gasteiger partial charge is 0.262 e. The lowest BCUT2D eigenvalue weighted by atomic mass is 10.1. The number of halogens is 1. The van der Waals surface area contributed by atoms with Gasteiger partial charge in [0, 0.05) is 17.1 Å². The van der Waals surface area contributed by atoms with E-state index in [1.807, 2.05) is 30.3 Å². The van der Waals surface area contributed by atoms with Crippen molar-refractivity contribution in [2.75, 3.05) is 0 Å². The minimum absolute atomic E-state index is 0.0514. The van der Waals surface area contributed by atoms with Crippen LogP contribution < -0.4 is 11.1 Å². The molecule has 1 aliphatic heterocycles. The molecular formula is C18H15ClN2O3S. The van der Waals surface area contributed by atoms with Crippen molar-refractivity contribution in [2.24, 2.45) is 5.73 Å². The van der Waals surface area contributed by atoms with Gasteiger partial charge in [-0.15, -0.1) is 0 Å². The Bertz CT molecular complexity index is 822. The molecule has 0 aromatic heterocycles. The van der Waals surface area contributed by atoms with Crippen LogP contribution in [0.15, 0.2) is 66.2 Å². The number of hydrogen-bond acceptors (Lipinski definition) is 5. The molecule has 0 bridgehead atoms. The third-order valence-corrected chi connectivity index (χ3v) is 4.06. The zero-order valence-electron chi connectivity index (χ0n) is 13.1. The van der Waals surface area contributed by atoms with Crippen LogP contribution in [0.2, 0.25) is 5.02 Å². The van der Waals surface area contributed by atoms with E-state index < -0.39 is 6.10 Å². The quantitative estimate of drug-likeness (QED) is 0.800. The van der Waals surface area contributed by atoms with E-state index in [1.54, 1.807) is 24.3 Å². The first kappa shape index (κ1) is 17.3. The van der Waals surface area contributed by atoms with Gasteiger partial charge in [-0.2, -0.15) is 0 Å². The van der Waals surface area contributed by atoms with Crippen LogP contribution in [-0.4, -0.2) is 11.0 Å². The van der Waals surface area contributed by atoms with E-state index in [0.717, 1.165) is 5.56 Å². The highest BCUT2D eigenvalue weighted by molar-refractivity contribution is 7.80. The summed E-state index contributed by atoms with van der Waals surface area (Å²) in [5, 5.41) is 3.54. The number of benzene rings is 2. The Balaban J connectivity index is 1.62. The summed E-state index contributed by atoms with van der Waals surface area (Å²) in [7, 11) is 0. The van der Waals surface area contributed by atoms with Crippen molar-refractivity contribution in [3.8, 4) is 0 Å². The predicted octanol–water partition coefficient (Wildman–Crippen LogP) is 3.20. The SMILES string of the molecule is NC1=C(OC(=S)NCc2ccccc2)C(=O)C(c2ccc(Cl)cc2)O1. The molecule has 1 heterocycles. The second-order valence-corrected chi connectivity index (χ2v) is 6.14. The van der Waals surface area contributed by atoms with Crippen molar-refractivity contribution >= 4 is 34.8 Å². The number of hydrogen-bond donors (Lipinski definition) is 2. The predicted molar refractivity (Wildman–Crippen MR) is 98.5 cm³/mol. The van der Waals surface area contributed by atoms with E-state index in [2.05, 4.69) is 5.32 Å². The summed E-state index contributed by atoms with van der Waals surface area (Å²) in [6, 6.07) is 16.4. The first-order valence-corrected chi connectivity index (χ1v) is 8.29. The summed E-state index contributed by atoms with van der Waals surface area (Å²) in [4.78, 5) is 12.5. The minimum atomic E-state index is -0.857. The van der Waals surface area contributed by atoms with Crippen LogP contribution >= 0.6 is 23.8 Å². The molecule has 25 heavy (non-hydrogen) atoms. The van der Waals surface area contributed by atoms with Crippen molar-refractivity contribution in [1.82, 2.24) is 5.32 Å². The zero-order chi connectivity index (χ0) is 17.8. The van der Waals surface area contributed by atoms with Crippen LogP contribution in [0.1, 0.15) is 17.2 Å². The molecule has 2 aromatic rings. The Hall–Kier alpha value is -2.57. The molecule has 1 atom stereocenters. The number of nitrogens with one attached hydrogen (secondary N) is 1. The van der Waals surface area contributed by atoms with Crippen LogP contribution in [0.4, 0.5) is 0 Å². The average Bonchev–Trinajstić information content (AvgIpc) is 2.90. The number of thiocarbonyl (C=S) groups is 1. The topological polar surface area (TPSA) is 73.6 Å². The molecule has 3 rings (SSSR count). The molecule has 7 heteroatoms. The van der Waals surface area contributed by atoms with Gasteiger partial charge in [0.2, 0.25) is 17.4 Å². The fraction of sp³-hybridized carbons (Fsp3) is 0.111. The molecule has 1 unspecified atom stereocenters. The van der Waals surface area contributed by atoms with Crippen LogP contribution in [0, 0.1) is 0 Å². The highest BCUT2D eigenvalue weighted by atomic mass is 35.5. The van der Waals surface area contributed by atoms with Gasteiger partial charge in [-0.25, -0.2) is 0 Å². The second kappa shape index (κ2) is 7.55. The van der Waals surface area contributed by atoms with E-state index in [1.165, 1.54) is 0 Å². The lowest BCUT2D eigenvalue weighted by Gasteiger charge is -2.10. The lowest BCUT2D eigenvalue weighted by Crippen LogP contribution is -2.25. The lowest BCUT2D eigenvalue weighted by molar-refractivity contribution is -0.123. The number of ketones is 1. The summed E-state index contributed by atoms with van der Waals surface area (Å²) >= 11 is 11.0. The minimum Gasteiger partial charge on any atom is -0.460 e. The van der Waals surface area contributed by atoms with Gasteiger partial charge in [-0.05, 0) is 29.9 Å². The number of carbonyl (C=O) groups is 1. The number of ether oxygens (including phenoxy) is 2. The molecule has 5 nitrogen and oxygen atoms in total. The van der Waals surface area contributed by atoms with Gasteiger partial charge in [0.05, 0.1) is 0 Å². The van der Waals surface area contributed by atoms with Gasteiger partial charge in [0.1, 0.15) is 0 Å². The average molecular weight is 375 g/mol. The third-order valence-electron chi connectivity index (χ3n) is 3.58. The Kier molecular flexibility index (Phi) is 5.21. The summed E-state index contributed by atoms with van der Waals surface area (Å²) in [5.41, 5.74) is 7.45.